The fourth-order valence-corrected chi connectivity index (χ4v) is 0.981. The number of rotatable bonds is 0. The molecule has 0 unspecified atom stereocenters. The molecule has 0 bridgehead atoms. The predicted octanol–water partition coefficient (Wildman–Crippen LogP) is -0.273. The molecule has 5 heteroatoms. The number of hydrogen-bond donors (Lipinski definition) is 2. The van der Waals surface area contributed by atoms with E-state index >= 15 is 0 Å². The largest absolute Gasteiger partial charge is 0.397 e. The molecule has 0 saturated carbocycles. The van der Waals surface area contributed by atoms with Gasteiger partial charge in [0.05, 0.1) is 24.3 Å². The van der Waals surface area contributed by atoms with E-state index in [-0.39, 0.29) is 0 Å². The van der Waals surface area contributed by atoms with Crippen LogP contribution in [0.3, 0.4) is 0 Å². The molecule has 11 heavy (non-hydrogen) atoms. The molecular weight excluding hydrogens is 142 g/mol. The van der Waals surface area contributed by atoms with Gasteiger partial charge in [-0.2, -0.15) is 9.89 Å². The summed E-state index contributed by atoms with van der Waals surface area (Å²) in [6.07, 6.45) is 4.81. The fourth-order valence-electron chi connectivity index (χ4n) is 0.981. The second-order valence-corrected chi connectivity index (χ2v) is 2.25. The van der Waals surface area contributed by atoms with E-state index in [0.29, 0.717) is 5.69 Å². The molecule has 2 aromatic rings. The van der Waals surface area contributed by atoms with Crippen LogP contribution in [0.2, 0.25) is 0 Å². The van der Waals surface area contributed by atoms with Gasteiger partial charge in [0.2, 0.25) is 0 Å². The second-order valence-electron chi connectivity index (χ2n) is 2.25. The third-order valence-electron chi connectivity index (χ3n) is 1.56. The normalized spacial score (nSPS) is 10.5. The molecule has 0 spiro atoms. The monoisotopic (exact) mass is 149 g/mol. The first-order chi connectivity index (χ1) is 5.29. The van der Waals surface area contributed by atoms with Crippen LogP contribution in [0.4, 0.5) is 5.69 Å². The van der Waals surface area contributed by atoms with Gasteiger partial charge in [0.25, 0.3) is 0 Å². The Labute approximate surface area is 62.6 Å². The minimum atomic E-state index is 0.596. The van der Waals surface area contributed by atoms with E-state index in [0.717, 1.165) is 10.9 Å². The van der Waals surface area contributed by atoms with Crippen LogP contribution in [0.25, 0.3) is 10.9 Å². The molecule has 0 amide bonds. The molecule has 0 atom stereocenters. The van der Waals surface area contributed by atoms with Gasteiger partial charge in [0, 0.05) is 5.39 Å². The number of aromatic nitrogens is 3. The molecule has 0 aliphatic carbocycles. The van der Waals surface area contributed by atoms with Gasteiger partial charge in [-0.25, -0.2) is 0 Å². The molecule has 4 N–H and O–H groups in total. The Balaban J connectivity index is 2.94. The number of fused-ring (bicyclic) bond motifs is 1. The maximum Gasteiger partial charge on any atom is 0.112 e. The quantitative estimate of drug-likeness (QED) is 0.505. The van der Waals surface area contributed by atoms with E-state index in [1.54, 1.807) is 18.6 Å². The van der Waals surface area contributed by atoms with Crippen LogP contribution in [-0.4, -0.2) is 14.9 Å². The summed E-state index contributed by atoms with van der Waals surface area (Å²) in [7, 11) is 0. The summed E-state index contributed by atoms with van der Waals surface area (Å²) in [5.41, 5.74) is 6.94. The average molecular weight is 149 g/mol. The highest BCUT2D eigenvalue weighted by Gasteiger charge is 2.01. The van der Waals surface area contributed by atoms with Crippen molar-refractivity contribution in [3.63, 3.8) is 0 Å². The first-order valence-corrected chi connectivity index (χ1v) is 3.11. The summed E-state index contributed by atoms with van der Waals surface area (Å²) in [5.74, 6) is 5.46. The van der Waals surface area contributed by atoms with E-state index in [1.165, 1.54) is 4.79 Å². The van der Waals surface area contributed by atoms with Crippen molar-refractivity contribution in [3.8, 4) is 0 Å². The lowest BCUT2D eigenvalue weighted by Gasteiger charge is -1.94. The Bertz CT molecular complexity index is 391. The molecule has 0 saturated heterocycles. The van der Waals surface area contributed by atoms with E-state index in [2.05, 4.69) is 10.1 Å². The molecule has 5 nitrogen and oxygen atoms in total. The zero-order valence-electron chi connectivity index (χ0n) is 5.73. The van der Waals surface area contributed by atoms with Crippen molar-refractivity contribution in [2.45, 2.75) is 0 Å². The highest BCUT2D eigenvalue weighted by Crippen LogP contribution is 2.16. The van der Waals surface area contributed by atoms with Gasteiger partial charge in [0.15, 0.2) is 0 Å². The standard InChI is InChI=1S/C6H7N5/c7-5-2-9-3-6-4(5)1-10-11(6)8/h1-3H,7-8H2. The van der Waals surface area contributed by atoms with E-state index in [4.69, 9.17) is 11.6 Å². The molecule has 2 aromatic heterocycles. The lowest BCUT2D eigenvalue weighted by molar-refractivity contribution is 0.861. The van der Waals surface area contributed by atoms with Crippen LogP contribution in [0.1, 0.15) is 0 Å². The van der Waals surface area contributed by atoms with Crippen molar-refractivity contribution in [1.29, 1.82) is 0 Å². The van der Waals surface area contributed by atoms with Gasteiger partial charge in [-0.05, 0) is 0 Å². The van der Waals surface area contributed by atoms with Crippen molar-refractivity contribution in [1.82, 2.24) is 14.9 Å². The number of nitrogens with zero attached hydrogens (tertiary/aromatic N) is 3. The van der Waals surface area contributed by atoms with Gasteiger partial charge >= 0.3 is 0 Å². The third kappa shape index (κ3) is 0.706. The van der Waals surface area contributed by atoms with Gasteiger partial charge in [0.1, 0.15) is 5.52 Å². The number of hydrogen-bond acceptors (Lipinski definition) is 4. The maximum absolute atomic E-state index is 5.60. The molecule has 56 valence electrons. The summed E-state index contributed by atoms with van der Waals surface area (Å²) in [5, 5.41) is 4.67. The lowest BCUT2D eigenvalue weighted by atomic mass is 10.3. The van der Waals surface area contributed by atoms with Crippen LogP contribution >= 0.6 is 0 Å². The van der Waals surface area contributed by atoms with E-state index in [9.17, 15) is 0 Å². The summed E-state index contributed by atoms with van der Waals surface area (Å²) < 4.78 is 0. The Morgan fingerprint density at radius 1 is 1.27 bits per heavy atom. The highest BCUT2D eigenvalue weighted by molar-refractivity contribution is 5.88. The van der Waals surface area contributed by atoms with Crippen molar-refractivity contribution >= 4 is 16.6 Å². The van der Waals surface area contributed by atoms with Crippen molar-refractivity contribution in [3.05, 3.63) is 18.6 Å². The molecular formula is C6H7N5. The van der Waals surface area contributed by atoms with Crippen LogP contribution in [-0.2, 0) is 0 Å². The molecule has 0 aliphatic rings. The van der Waals surface area contributed by atoms with Crippen molar-refractivity contribution in [2.24, 2.45) is 0 Å². The number of pyridine rings is 1. The van der Waals surface area contributed by atoms with E-state index in [1.807, 2.05) is 0 Å². The first-order valence-electron chi connectivity index (χ1n) is 3.11. The van der Waals surface area contributed by atoms with Crippen molar-refractivity contribution < 1.29 is 0 Å². The Morgan fingerprint density at radius 3 is 2.82 bits per heavy atom. The molecule has 0 aliphatic heterocycles. The molecule has 2 rings (SSSR count). The summed E-state index contributed by atoms with van der Waals surface area (Å²) in [6, 6.07) is 0. The topological polar surface area (TPSA) is 82.8 Å². The minimum absolute atomic E-state index is 0.596. The molecule has 0 fully saturated rings. The summed E-state index contributed by atoms with van der Waals surface area (Å²) >= 11 is 0. The van der Waals surface area contributed by atoms with Crippen molar-refractivity contribution in [2.75, 3.05) is 11.6 Å². The Hall–Kier alpha value is -1.78. The third-order valence-corrected chi connectivity index (χ3v) is 1.56. The Morgan fingerprint density at radius 2 is 2.09 bits per heavy atom. The van der Waals surface area contributed by atoms with Gasteiger partial charge < -0.3 is 11.6 Å². The molecule has 2 heterocycles. The first kappa shape index (κ1) is 5.96. The average Bonchev–Trinajstić information content (AvgIpc) is 2.35. The van der Waals surface area contributed by atoms with Gasteiger partial charge in [-0.1, -0.05) is 0 Å². The summed E-state index contributed by atoms with van der Waals surface area (Å²) in [6.45, 7) is 0. The second kappa shape index (κ2) is 1.85. The smallest absolute Gasteiger partial charge is 0.112 e. The zero-order chi connectivity index (χ0) is 7.84. The lowest BCUT2D eigenvalue weighted by Crippen LogP contribution is -2.09. The minimum Gasteiger partial charge on any atom is -0.397 e. The summed E-state index contributed by atoms with van der Waals surface area (Å²) in [4.78, 5) is 5.13. The van der Waals surface area contributed by atoms with Gasteiger partial charge in [-0.15, -0.1) is 0 Å². The highest BCUT2D eigenvalue weighted by atomic mass is 15.5. The predicted molar refractivity (Wildman–Crippen MR) is 42.1 cm³/mol. The van der Waals surface area contributed by atoms with Crippen LogP contribution in [0.15, 0.2) is 18.6 Å². The Kier molecular flexibility index (Phi) is 1.00. The van der Waals surface area contributed by atoms with Crippen LogP contribution in [0, 0.1) is 0 Å². The molecule has 0 aromatic carbocycles. The zero-order valence-corrected chi connectivity index (χ0v) is 5.73. The van der Waals surface area contributed by atoms with E-state index < -0.39 is 0 Å². The van der Waals surface area contributed by atoms with Gasteiger partial charge in [-0.3, -0.25) is 4.98 Å². The molecule has 0 radical (unpaired) electrons. The number of nitrogen functional groups attached to an aromatic ring is 2. The maximum atomic E-state index is 5.60. The number of anilines is 1. The SMILES string of the molecule is Nc1cncc2c1cnn2N. The van der Waals surface area contributed by atoms with Crippen LogP contribution in [0.5, 0.6) is 0 Å². The van der Waals surface area contributed by atoms with Crippen LogP contribution < -0.4 is 11.6 Å². The fraction of sp³-hybridized carbons (Fsp3) is 0. The number of nitrogens with two attached hydrogens (primary N) is 2.